The molecule has 0 aliphatic carbocycles. The molecule has 0 aliphatic heterocycles. The first-order valence-electron chi connectivity index (χ1n) is 5.61. The van der Waals surface area contributed by atoms with Crippen LogP contribution in [0.4, 0.5) is 11.5 Å². The fourth-order valence-corrected chi connectivity index (χ4v) is 2.90. The number of nitrogens with one attached hydrogen (secondary N) is 1. The second-order valence-electron chi connectivity index (χ2n) is 4.21. The van der Waals surface area contributed by atoms with E-state index < -0.39 is 0 Å². The Morgan fingerprint density at radius 1 is 1.28 bits per heavy atom. The van der Waals surface area contributed by atoms with Gasteiger partial charge in [-0.15, -0.1) is 11.3 Å². The van der Waals surface area contributed by atoms with Crippen LogP contribution in [-0.2, 0) is 7.05 Å². The van der Waals surface area contributed by atoms with E-state index in [0.29, 0.717) is 0 Å². The van der Waals surface area contributed by atoms with Gasteiger partial charge in [0.05, 0.1) is 17.3 Å². The second-order valence-corrected chi connectivity index (χ2v) is 5.42. The summed E-state index contributed by atoms with van der Waals surface area (Å²) in [6, 6.07) is 0. The summed E-state index contributed by atoms with van der Waals surface area (Å²) in [6.45, 7) is 4.21. The van der Waals surface area contributed by atoms with Gasteiger partial charge in [-0.2, -0.15) is 5.10 Å². The first-order chi connectivity index (χ1) is 8.65. The Bertz CT molecular complexity index is 712. The lowest BCUT2D eigenvalue weighted by Crippen LogP contribution is -1.94. The summed E-state index contributed by atoms with van der Waals surface area (Å²) in [6.07, 6.45) is 5.29. The molecule has 0 unspecified atom stereocenters. The molecule has 5 nitrogen and oxygen atoms in total. The second kappa shape index (κ2) is 4.06. The van der Waals surface area contributed by atoms with Gasteiger partial charge >= 0.3 is 0 Å². The highest BCUT2D eigenvalue weighted by molar-refractivity contribution is 7.18. The molecule has 18 heavy (non-hydrogen) atoms. The molecular formula is C12H13N5S. The summed E-state index contributed by atoms with van der Waals surface area (Å²) in [5.74, 6) is 0.842. The van der Waals surface area contributed by atoms with Crippen LogP contribution in [0.2, 0.25) is 0 Å². The third-order valence-electron chi connectivity index (χ3n) is 2.93. The van der Waals surface area contributed by atoms with Crippen LogP contribution < -0.4 is 5.32 Å². The highest BCUT2D eigenvalue weighted by atomic mass is 32.1. The van der Waals surface area contributed by atoms with E-state index in [4.69, 9.17) is 0 Å². The van der Waals surface area contributed by atoms with Gasteiger partial charge in [0.2, 0.25) is 0 Å². The van der Waals surface area contributed by atoms with E-state index in [1.807, 2.05) is 13.2 Å². The van der Waals surface area contributed by atoms with Crippen LogP contribution in [0.15, 0.2) is 18.7 Å². The maximum atomic E-state index is 4.33. The van der Waals surface area contributed by atoms with E-state index >= 15 is 0 Å². The van der Waals surface area contributed by atoms with Gasteiger partial charge in [0, 0.05) is 18.1 Å². The van der Waals surface area contributed by atoms with Crippen LogP contribution in [0.25, 0.3) is 10.2 Å². The Kier molecular flexibility index (Phi) is 2.52. The van der Waals surface area contributed by atoms with Gasteiger partial charge in [-0.1, -0.05) is 0 Å². The zero-order valence-corrected chi connectivity index (χ0v) is 11.2. The minimum Gasteiger partial charge on any atom is -0.337 e. The number of fused-ring (bicyclic) bond motifs is 1. The Morgan fingerprint density at radius 3 is 2.83 bits per heavy atom. The van der Waals surface area contributed by atoms with E-state index in [-0.39, 0.29) is 0 Å². The van der Waals surface area contributed by atoms with Crippen molar-refractivity contribution in [3.63, 3.8) is 0 Å². The summed E-state index contributed by atoms with van der Waals surface area (Å²) in [5.41, 5.74) is 2.17. The molecule has 0 aliphatic rings. The molecule has 0 saturated heterocycles. The zero-order valence-electron chi connectivity index (χ0n) is 10.4. The van der Waals surface area contributed by atoms with Gasteiger partial charge in [-0.05, 0) is 19.4 Å². The van der Waals surface area contributed by atoms with Crippen LogP contribution in [0.5, 0.6) is 0 Å². The molecule has 0 atom stereocenters. The highest BCUT2D eigenvalue weighted by Crippen LogP contribution is 2.33. The zero-order chi connectivity index (χ0) is 12.7. The lowest BCUT2D eigenvalue weighted by molar-refractivity contribution is 0.768. The molecule has 0 amide bonds. The topological polar surface area (TPSA) is 55.6 Å². The van der Waals surface area contributed by atoms with Crippen molar-refractivity contribution < 1.29 is 0 Å². The Balaban J connectivity index is 2.11. The number of hydrogen-bond acceptors (Lipinski definition) is 5. The Labute approximate surface area is 109 Å². The standard InChI is InChI=1S/C12H13N5S/c1-7-8(2)18-12-10(7)11(13-6-14-12)16-9-4-15-17(3)5-9/h4-6H,1-3H3,(H,13,14,16). The number of aryl methyl sites for hydroxylation is 3. The van der Waals surface area contributed by atoms with Crippen molar-refractivity contribution in [3.8, 4) is 0 Å². The molecule has 3 heterocycles. The number of hydrogen-bond donors (Lipinski definition) is 1. The predicted molar refractivity (Wildman–Crippen MR) is 73.4 cm³/mol. The summed E-state index contributed by atoms with van der Waals surface area (Å²) in [7, 11) is 1.89. The van der Waals surface area contributed by atoms with Crippen molar-refractivity contribution in [2.24, 2.45) is 7.05 Å². The smallest absolute Gasteiger partial charge is 0.142 e. The van der Waals surface area contributed by atoms with Crippen LogP contribution in [-0.4, -0.2) is 19.7 Å². The normalized spacial score (nSPS) is 11.1. The van der Waals surface area contributed by atoms with Crippen molar-refractivity contribution in [1.29, 1.82) is 0 Å². The third kappa shape index (κ3) is 1.74. The highest BCUT2D eigenvalue weighted by Gasteiger charge is 2.12. The summed E-state index contributed by atoms with van der Waals surface area (Å²) < 4.78 is 1.76. The average Bonchev–Trinajstić information content (AvgIpc) is 2.86. The maximum absolute atomic E-state index is 4.33. The molecule has 0 saturated carbocycles. The van der Waals surface area contributed by atoms with E-state index in [9.17, 15) is 0 Å². The lowest BCUT2D eigenvalue weighted by atomic mass is 10.2. The Morgan fingerprint density at radius 2 is 2.11 bits per heavy atom. The molecule has 6 heteroatoms. The van der Waals surface area contributed by atoms with Crippen LogP contribution in [0.3, 0.4) is 0 Å². The Hall–Kier alpha value is -1.95. The molecule has 0 spiro atoms. The largest absolute Gasteiger partial charge is 0.337 e. The van der Waals surface area contributed by atoms with Crippen molar-refractivity contribution in [2.45, 2.75) is 13.8 Å². The molecule has 0 aromatic carbocycles. The van der Waals surface area contributed by atoms with Crippen molar-refractivity contribution in [2.75, 3.05) is 5.32 Å². The maximum Gasteiger partial charge on any atom is 0.142 e. The SMILES string of the molecule is Cc1sc2ncnc(Nc3cnn(C)c3)c2c1C. The summed E-state index contributed by atoms with van der Waals surface area (Å²) in [4.78, 5) is 10.9. The molecule has 3 aromatic heterocycles. The summed E-state index contributed by atoms with van der Waals surface area (Å²) in [5, 5.41) is 8.53. The molecule has 3 aromatic rings. The third-order valence-corrected chi connectivity index (χ3v) is 4.05. The van der Waals surface area contributed by atoms with Crippen LogP contribution in [0, 0.1) is 13.8 Å². The first kappa shape index (κ1) is 11.2. The van der Waals surface area contributed by atoms with Crippen molar-refractivity contribution in [3.05, 3.63) is 29.2 Å². The molecule has 0 bridgehead atoms. The summed E-state index contributed by atoms with van der Waals surface area (Å²) >= 11 is 1.70. The number of nitrogens with zero attached hydrogens (tertiary/aromatic N) is 4. The molecule has 92 valence electrons. The minimum atomic E-state index is 0.842. The van der Waals surface area contributed by atoms with E-state index in [0.717, 1.165) is 21.7 Å². The minimum absolute atomic E-state index is 0.842. The molecule has 0 fully saturated rings. The quantitative estimate of drug-likeness (QED) is 0.769. The van der Waals surface area contributed by atoms with Crippen LogP contribution in [0.1, 0.15) is 10.4 Å². The van der Waals surface area contributed by atoms with Gasteiger partial charge in [-0.25, -0.2) is 9.97 Å². The van der Waals surface area contributed by atoms with Gasteiger partial charge in [-0.3, -0.25) is 4.68 Å². The van der Waals surface area contributed by atoms with Gasteiger partial charge in [0.25, 0.3) is 0 Å². The fraction of sp³-hybridized carbons (Fsp3) is 0.250. The molecule has 3 rings (SSSR count). The van der Waals surface area contributed by atoms with Gasteiger partial charge in [0.1, 0.15) is 17.0 Å². The first-order valence-corrected chi connectivity index (χ1v) is 6.43. The van der Waals surface area contributed by atoms with Gasteiger partial charge in [0.15, 0.2) is 0 Å². The molecule has 0 radical (unpaired) electrons. The monoisotopic (exact) mass is 259 g/mol. The molecular weight excluding hydrogens is 246 g/mol. The number of thiophene rings is 1. The van der Waals surface area contributed by atoms with E-state index in [1.54, 1.807) is 28.5 Å². The fourth-order valence-electron chi connectivity index (χ4n) is 1.90. The number of aromatic nitrogens is 4. The number of rotatable bonds is 2. The molecule has 1 N–H and O–H groups in total. The predicted octanol–water partition coefficient (Wildman–Crippen LogP) is 2.79. The van der Waals surface area contributed by atoms with Crippen molar-refractivity contribution >= 4 is 33.1 Å². The van der Waals surface area contributed by atoms with Crippen LogP contribution >= 0.6 is 11.3 Å². The number of anilines is 2. The van der Waals surface area contributed by atoms with Gasteiger partial charge < -0.3 is 5.32 Å². The lowest BCUT2D eigenvalue weighted by Gasteiger charge is -2.04. The average molecular weight is 259 g/mol. The van der Waals surface area contributed by atoms with E-state index in [2.05, 4.69) is 34.2 Å². The van der Waals surface area contributed by atoms with Crippen molar-refractivity contribution in [1.82, 2.24) is 19.7 Å². The van der Waals surface area contributed by atoms with E-state index in [1.165, 1.54) is 10.4 Å².